The fourth-order valence-corrected chi connectivity index (χ4v) is 1.61. The number of aryl methyl sites for hydroxylation is 1. The van der Waals surface area contributed by atoms with Crippen LogP contribution in [0.3, 0.4) is 0 Å². The molecule has 2 aromatic rings. The third-order valence-corrected chi connectivity index (χ3v) is 2.49. The molecule has 0 amide bonds. The number of ether oxygens (including phenoxy) is 1. The predicted octanol–water partition coefficient (Wildman–Crippen LogP) is 1.24. The molecule has 0 saturated carbocycles. The zero-order valence-corrected chi connectivity index (χ0v) is 10.8. The summed E-state index contributed by atoms with van der Waals surface area (Å²) in [6.07, 6.45) is 1.02. The van der Waals surface area contributed by atoms with Crippen molar-refractivity contribution in [3.63, 3.8) is 0 Å². The van der Waals surface area contributed by atoms with Crippen LogP contribution in [0.4, 0.5) is 0 Å². The Bertz CT molecular complexity index is 467. The lowest BCUT2D eigenvalue weighted by atomic mass is 10.3. The van der Waals surface area contributed by atoms with Gasteiger partial charge in [-0.15, -0.1) is 0 Å². The number of nitrogens with one attached hydrogen (secondary N) is 1. The molecule has 0 aliphatic heterocycles. The largest absolute Gasteiger partial charge is 0.467 e. The van der Waals surface area contributed by atoms with E-state index in [0.29, 0.717) is 19.7 Å². The van der Waals surface area contributed by atoms with Crippen molar-refractivity contribution in [3.8, 4) is 0 Å². The number of rotatable bonds is 8. The van der Waals surface area contributed by atoms with Crippen LogP contribution in [0.15, 0.2) is 33.4 Å². The molecule has 6 heteroatoms. The van der Waals surface area contributed by atoms with Gasteiger partial charge in [0.25, 0.3) is 0 Å². The normalized spacial score (nSPS) is 12.7. The molecule has 104 valence electrons. The average Bonchev–Trinajstić information content (AvgIpc) is 3.01. The minimum Gasteiger partial charge on any atom is -0.467 e. The standard InChI is InChI=1S/C13H18N2O4/c1-10-5-13(19-15-10)7-14-6-11(16)8-17-9-12-3-2-4-18-12/h2-5,11,14,16H,6-9H2,1H3. The van der Waals surface area contributed by atoms with Crippen LogP contribution in [-0.2, 0) is 17.9 Å². The Balaban J connectivity index is 1.55. The molecule has 0 fully saturated rings. The minimum atomic E-state index is -0.570. The molecule has 19 heavy (non-hydrogen) atoms. The monoisotopic (exact) mass is 266 g/mol. The Labute approximate surface area is 111 Å². The Morgan fingerprint density at radius 1 is 1.47 bits per heavy atom. The number of hydrogen-bond donors (Lipinski definition) is 2. The Kier molecular flexibility index (Phi) is 5.14. The molecule has 0 aromatic carbocycles. The molecular formula is C13H18N2O4. The summed E-state index contributed by atoms with van der Waals surface area (Å²) in [5, 5.41) is 16.5. The van der Waals surface area contributed by atoms with E-state index in [9.17, 15) is 5.11 Å². The third-order valence-electron chi connectivity index (χ3n) is 2.49. The van der Waals surface area contributed by atoms with Crippen molar-refractivity contribution in [2.75, 3.05) is 13.2 Å². The van der Waals surface area contributed by atoms with Crippen LogP contribution in [0.25, 0.3) is 0 Å². The highest BCUT2D eigenvalue weighted by Gasteiger charge is 2.06. The quantitative estimate of drug-likeness (QED) is 0.748. The van der Waals surface area contributed by atoms with Gasteiger partial charge in [-0.25, -0.2) is 0 Å². The molecule has 2 rings (SSSR count). The Morgan fingerprint density at radius 2 is 2.37 bits per heavy atom. The highest BCUT2D eigenvalue weighted by Crippen LogP contribution is 2.03. The van der Waals surface area contributed by atoms with E-state index in [1.165, 1.54) is 0 Å². The average molecular weight is 266 g/mol. The molecule has 6 nitrogen and oxygen atoms in total. The lowest BCUT2D eigenvalue weighted by molar-refractivity contribution is 0.0223. The summed E-state index contributed by atoms with van der Waals surface area (Å²) in [6.45, 7) is 3.45. The van der Waals surface area contributed by atoms with E-state index in [1.807, 2.05) is 19.1 Å². The van der Waals surface area contributed by atoms with E-state index in [1.54, 1.807) is 12.3 Å². The molecule has 1 unspecified atom stereocenters. The van der Waals surface area contributed by atoms with Crippen molar-refractivity contribution in [1.29, 1.82) is 0 Å². The first-order chi connectivity index (χ1) is 9.24. The number of aliphatic hydroxyl groups excluding tert-OH is 1. The van der Waals surface area contributed by atoms with Crippen LogP contribution >= 0.6 is 0 Å². The van der Waals surface area contributed by atoms with Crippen LogP contribution in [-0.4, -0.2) is 29.5 Å². The molecule has 0 radical (unpaired) electrons. The summed E-state index contributed by atoms with van der Waals surface area (Å²) < 4.78 is 15.5. The Morgan fingerprint density at radius 3 is 3.05 bits per heavy atom. The summed E-state index contributed by atoms with van der Waals surface area (Å²) in [6, 6.07) is 5.49. The predicted molar refractivity (Wildman–Crippen MR) is 67.3 cm³/mol. The van der Waals surface area contributed by atoms with Crippen molar-refractivity contribution >= 4 is 0 Å². The number of hydrogen-bond acceptors (Lipinski definition) is 6. The third kappa shape index (κ3) is 4.86. The molecule has 0 spiro atoms. The number of aliphatic hydroxyl groups is 1. The zero-order chi connectivity index (χ0) is 13.5. The van der Waals surface area contributed by atoms with Crippen molar-refractivity contribution in [2.45, 2.75) is 26.2 Å². The molecular weight excluding hydrogens is 248 g/mol. The minimum absolute atomic E-state index is 0.253. The van der Waals surface area contributed by atoms with E-state index in [2.05, 4.69) is 10.5 Å². The van der Waals surface area contributed by atoms with Gasteiger partial charge in [-0.05, 0) is 19.1 Å². The molecule has 2 N–H and O–H groups in total. The lowest BCUT2D eigenvalue weighted by Crippen LogP contribution is -2.29. The molecule has 1 atom stereocenters. The van der Waals surface area contributed by atoms with Gasteiger partial charge in [-0.3, -0.25) is 0 Å². The van der Waals surface area contributed by atoms with Crippen LogP contribution in [0.1, 0.15) is 17.2 Å². The van der Waals surface area contributed by atoms with Crippen LogP contribution in [0.2, 0.25) is 0 Å². The van der Waals surface area contributed by atoms with Gasteiger partial charge >= 0.3 is 0 Å². The van der Waals surface area contributed by atoms with Gasteiger partial charge in [-0.2, -0.15) is 0 Å². The first kappa shape index (κ1) is 13.8. The van der Waals surface area contributed by atoms with E-state index in [-0.39, 0.29) is 6.61 Å². The fourth-order valence-electron chi connectivity index (χ4n) is 1.61. The molecule has 0 bridgehead atoms. The SMILES string of the molecule is Cc1cc(CNCC(O)COCc2ccco2)on1. The van der Waals surface area contributed by atoms with Gasteiger partial charge < -0.3 is 24.1 Å². The summed E-state index contributed by atoms with van der Waals surface area (Å²) in [7, 11) is 0. The molecule has 0 saturated heterocycles. The summed E-state index contributed by atoms with van der Waals surface area (Å²) in [5.74, 6) is 1.50. The van der Waals surface area contributed by atoms with Crippen molar-refractivity contribution in [2.24, 2.45) is 0 Å². The lowest BCUT2D eigenvalue weighted by Gasteiger charge is -2.10. The number of nitrogens with zero attached hydrogens (tertiary/aromatic N) is 1. The summed E-state index contributed by atoms with van der Waals surface area (Å²) in [4.78, 5) is 0. The van der Waals surface area contributed by atoms with Gasteiger partial charge in [0.15, 0.2) is 5.76 Å². The first-order valence-corrected chi connectivity index (χ1v) is 6.15. The smallest absolute Gasteiger partial charge is 0.150 e. The molecule has 2 aromatic heterocycles. The van der Waals surface area contributed by atoms with Gasteiger partial charge in [0.2, 0.25) is 0 Å². The summed E-state index contributed by atoms with van der Waals surface area (Å²) >= 11 is 0. The maximum atomic E-state index is 9.70. The molecule has 0 aliphatic carbocycles. The maximum Gasteiger partial charge on any atom is 0.150 e. The van der Waals surface area contributed by atoms with E-state index < -0.39 is 6.10 Å². The van der Waals surface area contributed by atoms with Crippen molar-refractivity contribution < 1.29 is 18.8 Å². The van der Waals surface area contributed by atoms with Crippen LogP contribution < -0.4 is 5.32 Å². The second-order valence-electron chi connectivity index (χ2n) is 4.31. The number of aromatic nitrogens is 1. The molecule has 0 aliphatic rings. The Hall–Kier alpha value is -1.63. The van der Waals surface area contributed by atoms with Gasteiger partial charge in [-0.1, -0.05) is 5.16 Å². The van der Waals surface area contributed by atoms with Gasteiger partial charge in [0.1, 0.15) is 12.4 Å². The van der Waals surface area contributed by atoms with E-state index >= 15 is 0 Å². The van der Waals surface area contributed by atoms with Crippen molar-refractivity contribution in [3.05, 3.63) is 41.7 Å². The second kappa shape index (κ2) is 7.08. The highest BCUT2D eigenvalue weighted by molar-refractivity contribution is 5.02. The number of furan rings is 1. The van der Waals surface area contributed by atoms with E-state index in [4.69, 9.17) is 13.7 Å². The second-order valence-corrected chi connectivity index (χ2v) is 4.31. The van der Waals surface area contributed by atoms with E-state index in [0.717, 1.165) is 17.2 Å². The topological polar surface area (TPSA) is 80.7 Å². The first-order valence-electron chi connectivity index (χ1n) is 6.15. The van der Waals surface area contributed by atoms with Crippen LogP contribution in [0, 0.1) is 6.92 Å². The van der Waals surface area contributed by atoms with Crippen LogP contribution in [0.5, 0.6) is 0 Å². The molecule has 2 heterocycles. The fraction of sp³-hybridized carbons (Fsp3) is 0.462. The van der Waals surface area contributed by atoms with Gasteiger partial charge in [0.05, 0.1) is 31.2 Å². The maximum absolute atomic E-state index is 9.70. The zero-order valence-electron chi connectivity index (χ0n) is 10.8. The summed E-state index contributed by atoms with van der Waals surface area (Å²) in [5.41, 5.74) is 0.846. The van der Waals surface area contributed by atoms with Crippen molar-refractivity contribution in [1.82, 2.24) is 10.5 Å². The van der Waals surface area contributed by atoms with Gasteiger partial charge in [0, 0.05) is 12.6 Å². The highest BCUT2D eigenvalue weighted by atomic mass is 16.5.